The van der Waals surface area contributed by atoms with E-state index in [1.807, 2.05) is 13.1 Å². The van der Waals surface area contributed by atoms with Gasteiger partial charge in [0.25, 0.3) is 10.1 Å². The van der Waals surface area contributed by atoms with E-state index in [9.17, 15) is 13.2 Å². The molecule has 1 aromatic rings. The molecule has 38 heavy (non-hydrogen) atoms. The van der Waals surface area contributed by atoms with E-state index in [4.69, 9.17) is 35.7 Å². The summed E-state index contributed by atoms with van der Waals surface area (Å²) in [6.07, 6.45) is -1.51. The molecule has 4 atom stereocenters. The van der Waals surface area contributed by atoms with E-state index in [0.29, 0.717) is 10.2 Å². The van der Waals surface area contributed by atoms with Gasteiger partial charge in [-0.25, -0.2) is 8.98 Å². The lowest BCUT2D eigenvalue weighted by Gasteiger charge is -2.43. The van der Waals surface area contributed by atoms with Crippen LogP contribution in [0.25, 0.3) is 0 Å². The lowest BCUT2D eigenvalue weighted by Crippen LogP contribution is -2.59. The van der Waals surface area contributed by atoms with Crippen LogP contribution in [0.3, 0.4) is 0 Å². The normalized spacial score (nSPS) is 28.2. The number of H-pyrrole nitrogens is 1. The minimum atomic E-state index is -4.14. The third-order valence-electron chi connectivity index (χ3n) is 8.49. The standard InChI is InChI=1S/C24H43N3O7S2Si2/c1-15-12-27(21(28)26-19(15)35)20-18(33-38(10,11)23(5,6)7)24(16(25)14-36(29,30)34-24)17(32-20)13-31-37(8,9)22(2,3)4/h12,14,17-18,20H,13,25H2,1-11H3,(H,26,28,35). The van der Waals surface area contributed by atoms with Gasteiger partial charge >= 0.3 is 5.69 Å². The highest BCUT2D eigenvalue weighted by Gasteiger charge is 2.67. The number of hydrogen-bond donors (Lipinski definition) is 2. The molecule has 216 valence electrons. The topological polar surface area (TPSA) is 135 Å². The lowest BCUT2D eigenvalue weighted by molar-refractivity contribution is -0.0563. The van der Waals surface area contributed by atoms with Crippen LogP contribution in [0.4, 0.5) is 0 Å². The van der Waals surface area contributed by atoms with Crippen LogP contribution in [0, 0.1) is 11.6 Å². The van der Waals surface area contributed by atoms with Crippen molar-refractivity contribution in [1.29, 1.82) is 0 Å². The van der Waals surface area contributed by atoms with E-state index < -0.39 is 56.5 Å². The molecule has 0 bridgehead atoms. The molecule has 2 aliphatic heterocycles. The largest absolute Gasteiger partial charge is 0.414 e. The summed E-state index contributed by atoms with van der Waals surface area (Å²) in [7, 11) is -9.03. The Balaban J connectivity index is 2.24. The molecule has 3 N–H and O–H groups in total. The van der Waals surface area contributed by atoms with Gasteiger partial charge < -0.3 is 19.3 Å². The van der Waals surface area contributed by atoms with Crippen molar-refractivity contribution in [2.45, 2.75) is 109 Å². The summed E-state index contributed by atoms with van der Waals surface area (Å²) in [6, 6.07) is 0. The van der Waals surface area contributed by atoms with Crippen molar-refractivity contribution >= 4 is 39.0 Å². The Hall–Kier alpha value is -1.14. The minimum Gasteiger partial charge on any atom is -0.414 e. The molecule has 0 saturated carbocycles. The molecule has 4 unspecified atom stereocenters. The van der Waals surface area contributed by atoms with E-state index in [-0.39, 0.29) is 22.4 Å². The van der Waals surface area contributed by atoms with Crippen LogP contribution < -0.4 is 11.4 Å². The molecule has 3 rings (SSSR count). The van der Waals surface area contributed by atoms with Crippen LogP contribution in [0.2, 0.25) is 36.3 Å². The summed E-state index contributed by atoms with van der Waals surface area (Å²) in [5.74, 6) is 0. The maximum absolute atomic E-state index is 13.1. The zero-order chi connectivity index (χ0) is 29.3. The molecule has 1 saturated heterocycles. The van der Waals surface area contributed by atoms with Crippen molar-refractivity contribution in [2.24, 2.45) is 5.73 Å². The molecule has 3 heterocycles. The van der Waals surface area contributed by atoms with E-state index in [0.717, 1.165) is 5.41 Å². The van der Waals surface area contributed by atoms with Crippen molar-refractivity contribution in [1.82, 2.24) is 9.55 Å². The molecule has 1 fully saturated rings. The molecule has 0 aliphatic carbocycles. The second kappa shape index (κ2) is 9.75. The molecular weight excluding hydrogens is 563 g/mol. The van der Waals surface area contributed by atoms with Gasteiger partial charge in [0.2, 0.25) is 0 Å². The van der Waals surface area contributed by atoms with E-state index in [2.05, 4.69) is 59.6 Å². The van der Waals surface area contributed by atoms with Gasteiger partial charge in [0.15, 0.2) is 28.5 Å². The number of hydrogen-bond acceptors (Lipinski definition) is 9. The van der Waals surface area contributed by atoms with Gasteiger partial charge in [-0.2, -0.15) is 8.42 Å². The second-order valence-electron chi connectivity index (χ2n) is 13.3. The first kappa shape index (κ1) is 31.4. The van der Waals surface area contributed by atoms with Gasteiger partial charge in [0.05, 0.1) is 17.7 Å². The Morgan fingerprint density at radius 1 is 1.13 bits per heavy atom. The third kappa shape index (κ3) is 5.55. The maximum atomic E-state index is 13.1. The molecule has 0 amide bonds. The maximum Gasteiger partial charge on any atom is 0.328 e. The van der Waals surface area contributed by atoms with Crippen LogP contribution in [0.15, 0.2) is 22.1 Å². The molecule has 0 radical (unpaired) electrons. The number of aryl methyl sites for hydroxylation is 1. The average molecular weight is 606 g/mol. The van der Waals surface area contributed by atoms with Crippen LogP contribution in [0.5, 0.6) is 0 Å². The lowest BCUT2D eigenvalue weighted by atomic mass is 9.89. The van der Waals surface area contributed by atoms with E-state index in [1.165, 1.54) is 4.57 Å². The highest BCUT2D eigenvalue weighted by Crippen LogP contribution is 2.52. The Morgan fingerprint density at radius 3 is 2.16 bits per heavy atom. The van der Waals surface area contributed by atoms with Crippen molar-refractivity contribution in [3.8, 4) is 0 Å². The fourth-order valence-corrected chi connectivity index (χ4v) is 7.64. The van der Waals surface area contributed by atoms with E-state index >= 15 is 0 Å². The second-order valence-corrected chi connectivity index (χ2v) is 24.7. The number of nitrogens with two attached hydrogens (primary N) is 1. The highest BCUT2D eigenvalue weighted by atomic mass is 32.2. The number of nitrogens with zero attached hydrogens (tertiary/aromatic N) is 1. The fraction of sp³-hybridized carbons (Fsp3) is 0.750. The Labute approximate surface area is 233 Å². The smallest absolute Gasteiger partial charge is 0.328 e. The number of aromatic nitrogens is 2. The first-order valence-corrected chi connectivity index (χ1v) is 20.4. The van der Waals surface area contributed by atoms with Crippen molar-refractivity contribution in [3.05, 3.63) is 38.0 Å². The summed E-state index contributed by atoms with van der Waals surface area (Å²) < 4.78 is 52.9. The third-order valence-corrected chi connectivity index (χ3v) is 18.9. The number of ether oxygens (including phenoxy) is 1. The Morgan fingerprint density at radius 2 is 1.68 bits per heavy atom. The predicted octanol–water partition coefficient (Wildman–Crippen LogP) is 4.42. The Kier molecular flexibility index (Phi) is 8.05. The SMILES string of the molecule is Cc1cn(C2OC(CO[Si](C)(C)C(C)(C)C)C3(OS(=O)(=O)C=C3N)C2O[Si](C)(C)C(C)(C)C)c(=O)[nH]c1=S. The van der Waals surface area contributed by atoms with Gasteiger partial charge in [-0.05, 0) is 43.2 Å². The average Bonchev–Trinajstić information content (AvgIpc) is 3.14. The molecule has 10 nitrogen and oxygen atoms in total. The van der Waals surface area contributed by atoms with Gasteiger partial charge in [-0.15, -0.1) is 0 Å². The van der Waals surface area contributed by atoms with Gasteiger partial charge in [-0.3, -0.25) is 9.55 Å². The zero-order valence-electron chi connectivity index (χ0n) is 24.3. The number of rotatable bonds is 6. The van der Waals surface area contributed by atoms with Crippen molar-refractivity contribution in [3.63, 3.8) is 0 Å². The molecule has 1 aromatic heterocycles. The predicted molar refractivity (Wildman–Crippen MR) is 155 cm³/mol. The highest BCUT2D eigenvalue weighted by molar-refractivity contribution is 7.90. The van der Waals surface area contributed by atoms with Crippen LogP contribution in [-0.2, 0) is 27.9 Å². The summed E-state index contributed by atoms with van der Waals surface area (Å²) in [5.41, 5.74) is 4.84. The molecule has 0 aromatic carbocycles. The van der Waals surface area contributed by atoms with Crippen LogP contribution in [0.1, 0.15) is 53.3 Å². The number of aromatic amines is 1. The summed E-state index contributed by atoms with van der Waals surface area (Å²) in [5, 5.41) is 0.552. The van der Waals surface area contributed by atoms with E-state index in [1.54, 1.807) is 13.1 Å². The minimum absolute atomic E-state index is 0.00494. The monoisotopic (exact) mass is 605 g/mol. The van der Waals surface area contributed by atoms with Crippen molar-refractivity contribution < 1.29 is 26.2 Å². The molecular formula is C24H43N3O7S2Si2. The van der Waals surface area contributed by atoms with Crippen molar-refractivity contribution in [2.75, 3.05) is 6.61 Å². The summed E-state index contributed by atoms with van der Waals surface area (Å²) in [6.45, 7) is 22.5. The van der Waals surface area contributed by atoms with Crippen LogP contribution in [-0.4, -0.2) is 59.0 Å². The molecule has 2 aliphatic rings. The number of nitrogens with one attached hydrogen (secondary N) is 1. The quantitative estimate of drug-likeness (QED) is 0.274. The van der Waals surface area contributed by atoms with Gasteiger partial charge in [0, 0.05) is 11.8 Å². The molecule has 1 spiro atoms. The fourth-order valence-electron chi connectivity index (χ4n) is 3.99. The first-order chi connectivity index (χ1) is 17.0. The zero-order valence-corrected chi connectivity index (χ0v) is 27.9. The van der Waals surface area contributed by atoms with Gasteiger partial charge in [-0.1, -0.05) is 53.8 Å². The molecule has 14 heteroatoms. The Bertz CT molecular complexity index is 1340. The summed E-state index contributed by atoms with van der Waals surface area (Å²) in [4.78, 5) is 15.8. The first-order valence-electron chi connectivity index (χ1n) is 12.7. The summed E-state index contributed by atoms with van der Waals surface area (Å²) >= 11 is 5.25. The van der Waals surface area contributed by atoms with Crippen LogP contribution >= 0.6 is 12.2 Å². The van der Waals surface area contributed by atoms with Gasteiger partial charge in [0.1, 0.15) is 16.8 Å².